The summed E-state index contributed by atoms with van der Waals surface area (Å²) < 4.78 is 17.2. The summed E-state index contributed by atoms with van der Waals surface area (Å²) in [5.74, 6) is -1.76. The van der Waals surface area contributed by atoms with Crippen LogP contribution in [0.5, 0.6) is 0 Å². The zero-order valence-corrected chi connectivity index (χ0v) is 17.2. The number of hydrogen-bond donors (Lipinski definition) is 0. The lowest BCUT2D eigenvalue weighted by molar-refractivity contribution is -0.167. The minimum atomic E-state index is -0.740. The van der Waals surface area contributed by atoms with Crippen molar-refractivity contribution in [2.45, 2.75) is 72.2 Å². The Bertz CT molecular complexity index is 804. The van der Waals surface area contributed by atoms with Gasteiger partial charge in [0, 0.05) is 24.5 Å². The number of allylic oxidation sites excluding steroid dienone is 1. The minimum Gasteiger partial charge on any atom is -0.461 e. The first-order chi connectivity index (χ1) is 13.1. The molecule has 152 valence electrons. The van der Waals surface area contributed by atoms with Gasteiger partial charge < -0.3 is 14.2 Å². The second kappa shape index (κ2) is 7.22. The SMILES string of the molecule is C=C1C(=O)O[C@@H]2CC(C)=C3CC[C@H](OC(C)=O)[C@@]3(C)[C@H](OC(=O)/C(C)=C/C)[C@H]12. The molecule has 0 bridgehead atoms. The third kappa shape index (κ3) is 3.09. The van der Waals surface area contributed by atoms with Gasteiger partial charge in [-0.1, -0.05) is 23.8 Å². The number of rotatable bonds is 3. The van der Waals surface area contributed by atoms with E-state index in [0.29, 0.717) is 24.0 Å². The molecule has 0 aromatic heterocycles. The van der Waals surface area contributed by atoms with Gasteiger partial charge in [0.15, 0.2) is 0 Å². The van der Waals surface area contributed by atoms with Gasteiger partial charge in [0.25, 0.3) is 0 Å². The van der Waals surface area contributed by atoms with E-state index in [0.717, 1.165) is 17.6 Å². The normalized spacial score (nSPS) is 35.1. The quantitative estimate of drug-likeness (QED) is 0.319. The first kappa shape index (κ1) is 20.4. The van der Waals surface area contributed by atoms with Crippen LogP contribution in [0.25, 0.3) is 0 Å². The summed E-state index contributed by atoms with van der Waals surface area (Å²) in [6.45, 7) is 12.7. The molecular weight excluding hydrogens is 360 g/mol. The fourth-order valence-corrected chi connectivity index (χ4v) is 4.96. The van der Waals surface area contributed by atoms with Crippen molar-refractivity contribution >= 4 is 17.9 Å². The summed E-state index contributed by atoms with van der Waals surface area (Å²) in [6.07, 6.45) is 2.05. The first-order valence-corrected chi connectivity index (χ1v) is 9.71. The van der Waals surface area contributed by atoms with Crippen LogP contribution in [-0.4, -0.2) is 36.2 Å². The van der Waals surface area contributed by atoms with Crippen LogP contribution in [0.15, 0.2) is 34.9 Å². The standard InChI is InChI=1S/C22H28O6/c1-7-11(2)20(24)28-19-18-13(4)21(25)27-16(18)10-12(3)15-8-9-17(22(15,19)6)26-14(5)23/h7,16-19H,4,8-10H2,1-3,5-6H3/b11-7+/t16-,17+,18-,19-,22+/m1/s1. The molecule has 6 heteroatoms. The van der Waals surface area contributed by atoms with Crippen LogP contribution < -0.4 is 0 Å². The largest absolute Gasteiger partial charge is 0.461 e. The topological polar surface area (TPSA) is 78.9 Å². The van der Waals surface area contributed by atoms with Crippen molar-refractivity contribution in [3.05, 3.63) is 34.9 Å². The Morgan fingerprint density at radius 3 is 2.57 bits per heavy atom. The van der Waals surface area contributed by atoms with Gasteiger partial charge in [-0.25, -0.2) is 9.59 Å². The first-order valence-electron chi connectivity index (χ1n) is 9.71. The Labute approximate surface area is 165 Å². The number of hydrogen-bond acceptors (Lipinski definition) is 6. The molecule has 1 saturated carbocycles. The molecule has 2 fully saturated rings. The summed E-state index contributed by atoms with van der Waals surface area (Å²) in [5.41, 5.74) is 2.26. The highest BCUT2D eigenvalue weighted by Crippen LogP contribution is 2.56. The van der Waals surface area contributed by atoms with E-state index in [4.69, 9.17) is 14.2 Å². The fourth-order valence-electron chi connectivity index (χ4n) is 4.96. The summed E-state index contributed by atoms with van der Waals surface area (Å²) in [6, 6.07) is 0. The molecule has 0 aromatic carbocycles. The van der Waals surface area contributed by atoms with Crippen LogP contribution in [0, 0.1) is 11.3 Å². The summed E-state index contributed by atoms with van der Waals surface area (Å²) in [5, 5.41) is 0. The van der Waals surface area contributed by atoms with Crippen molar-refractivity contribution < 1.29 is 28.6 Å². The molecule has 0 amide bonds. The Balaban J connectivity index is 2.14. The van der Waals surface area contributed by atoms with E-state index in [2.05, 4.69) is 6.58 Å². The molecule has 5 atom stereocenters. The van der Waals surface area contributed by atoms with Crippen LogP contribution in [-0.2, 0) is 28.6 Å². The van der Waals surface area contributed by atoms with E-state index in [9.17, 15) is 14.4 Å². The predicted molar refractivity (Wildman–Crippen MR) is 102 cm³/mol. The van der Waals surface area contributed by atoms with Crippen LogP contribution in [0.2, 0.25) is 0 Å². The number of fused-ring (bicyclic) bond motifs is 2. The fraction of sp³-hybridized carbons (Fsp3) is 0.591. The molecule has 6 nitrogen and oxygen atoms in total. The highest BCUT2D eigenvalue weighted by atomic mass is 16.6. The van der Waals surface area contributed by atoms with E-state index in [1.807, 2.05) is 13.8 Å². The summed E-state index contributed by atoms with van der Waals surface area (Å²) in [7, 11) is 0. The van der Waals surface area contributed by atoms with Gasteiger partial charge in [0.1, 0.15) is 18.3 Å². The number of carbonyl (C=O) groups excluding carboxylic acids is 3. The van der Waals surface area contributed by atoms with Gasteiger partial charge in [0.2, 0.25) is 0 Å². The van der Waals surface area contributed by atoms with E-state index in [-0.39, 0.29) is 5.97 Å². The molecule has 1 heterocycles. The van der Waals surface area contributed by atoms with E-state index in [1.54, 1.807) is 19.9 Å². The van der Waals surface area contributed by atoms with Gasteiger partial charge in [-0.05, 0) is 40.5 Å². The van der Waals surface area contributed by atoms with Crippen molar-refractivity contribution in [3.63, 3.8) is 0 Å². The lowest BCUT2D eigenvalue weighted by Crippen LogP contribution is -2.49. The second-order valence-electron chi connectivity index (χ2n) is 8.17. The molecule has 0 radical (unpaired) electrons. The molecule has 0 N–H and O–H groups in total. The third-order valence-electron chi connectivity index (χ3n) is 6.54. The smallest absolute Gasteiger partial charge is 0.334 e. The lowest BCUT2D eigenvalue weighted by Gasteiger charge is -2.41. The van der Waals surface area contributed by atoms with Gasteiger partial charge in [-0.2, -0.15) is 0 Å². The summed E-state index contributed by atoms with van der Waals surface area (Å²) >= 11 is 0. The molecule has 0 aromatic rings. The average molecular weight is 388 g/mol. The van der Waals surface area contributed by atoms with Gasteiger partial charge in [0.05, 0.1) is 11.3 Å². The highest BCUT2D eigenvalue weighted by Gasteiger charge is 2.61. The Morgan fingerprint density at radius 2 is 1.96 bits per heavy atom. The molecule has 2 aliphatic carbocycles. The molecule has 0 unspecified atom stereocenters. The third-order valence-corrected chi connectivity index (χ3v) is 6.54. The van der Waals surface area contributed by atoms with Crippen molar-refractivity contribution in [2.75, 3.05) is 0 Å². The predicted octanol–water partition coefficient (Wildman–Crippen LogP) is 3.41. The molecule has 28 heavy (non-hydrogen) atoms. The van der Waals surface area contributed by atoms with Crippen LogP contribution in [0.1, 0.15) is 53.9 Å². The molecular formula is C22H28O6. The Morgan fingerprint density at radius 1 is 1.29 bits per heavy atom. The maximum Gasteiger partial charge on any atom is 0.334 e. The zero-order valence-electron chi connectivity index (χ0n) is 17.2. The summed E-state index contributed by atoms with van der Waals surface area (Å²) in [4.78, 5) is 36.7. The van der Waals surface area contributed by atoms with Crippen molar-refractivity contribution in [1.29, 1.82) is 0 Å². The van der Waals surface area contributed by atoms with Gasteiger partial charge in [-0.3, -0.25) is 4.79 Å². The van der Waals surface area contributed by atoms with E-state index in [1.165, 1.54) is 6.92 Å². The Hall–Kier alpha value is -2.37. The van der Waals surface area contributed by atoms with Crippen LogP contribution in [0.3, 0.4) is 0 Å². The highest BCUT2D eigenvalue weighted by molar-refractivity contribution is 5.92. The van der Waals surface area contributed by atoms with Gasteiger partial charge in [-0.15, -0.1) is 0 Å². The van der Waals surface area contributed by atoms with Gasteiger partial charge >= 0.3 is 17.9 Å². The van der Waals surface area contributed by atoms with Crippen LogP contribution in [0.4, 0.5) is 0 Å². The average Bonchev–Trinajstić information content (AvgIpc) is 3.06. The van der Waals surface area contributed by atoms with Crippen molar-refractivity contribution in [3.8, 4) is 0 Å². The minimum absolute atomic E-state index is 0.310. The maximum atomic E-state index is 12.7. The van der Waals surface area contributed by atoms with Crippen molar-refractivity contribution in [1.82, 2.24) is 0 Å². The number of esters is 3. The molecule has 0 spiro atoms. The second-order valence-corrected chi connectivity index (χ2v) is 8.17. The molecule has 3 aliphatic rings. The lowest BCUT2D eigenvalue weighted by atomic mass is 9.71. The monoisotopic (exact) mass is 388 g/mol. The molecule has 1 saturated heterocycles. The number of carbonyl (C=O) groups is 3. The van der Waals surface area contributed by atoms with Crippen LogP contribution >= 0.6 is 0 Å². The maximum absolute atomic E-state index is 12.7. The van der Waals surface area contributed by atoms with E-state index >= 15 is 0 Å². The zero-order chi connectivity index (χ0) is 20.8. The number of ether oxygens (including phenoxy) is 3. The van der Waals surface area contributed by atoms with Crippen molar-refractivity contribution in [2.24, 2.45) is 11.3 Å². The molecule has 1 aliphatic heterocycles. The Kier molecular flexibility index (Phi) is 5.26. The van der Waals surface area contributed by atoms with E-state index < -0.39 is 41.6 Å². The molecule has 3 rings (SSSR count).